The fraction of sp³-hybridized carbons (Fsp3) is 0.889. The Morgan fingerprint density at radius 1 is 1.67 bits per heavy atom. The molecule has 4 atom stereocenters. The van der Waals surface area contributed by atoms with Crippen LogP contribution in [0.3, 0.4) is 0 Å². The van der Waals surface area contributed by atoms with Gasteiger partial charge in [0, 0.05) is 10.3 Å². The van der Waals surface area contributed by atoms with Crippen molar-refractivity contribution >= 4 is 28.6 Å². The van der Waals surface area contributed by atoms with Crippen LogP contribution in [0.2, 0.25) is 0 Å². The topological polar surface area (TPSA) is 65.0 Å². The van der Waals surface area contributed by atoms with Gasteiger partial charge in [-0.15, -0.1) is 0 Å². The largest absolute Gasteiger partial charge is 0.462 e. The van der Waals surface area contributed by atoms with E-state index < -0.39 is 17.9 Å². The molecule has 2 heterocycles. The molecule has 2 fully saturated rings. The van der Waals surface area contributed by atoms with E-state index in [0.717, 1.165) is 0 Å². The van der Waals surface area contributed by atoms with Crippen molar-refractivity contribution in [3.8, 4) is 0 Å². The van der Waals surface area contributed by atoms with E-state index in [-0.39, 0.29) is 16.6 Å². The highest BCUT2D eigenvalue weighted by atomic mass is 127. The Morgan fingerprint density at radius 2 is 2.40 bits per heavy atom. The molecule has 2 bridgehead atoms. The van der Waals surface area contributed by atoms with Crippen molar-refractivity contribution in [3.05, 3.63) is 0 Å². The first-order valence-corrected chi connectivity index (χ1v) is 6.15. The van der Waals surface area contributed by atoms with E-state index in [4.69, 9.17) is 19.3 Å². The number of aliphatic hydroxyl groups is 1. The number of ether oxygens (including phenoxy) is 3. The molecule has 0 aromatic rings. The second-order valence-electron chi connectivity index (χ2n) is 3.61. The molecule has 15 heavy (non-hydrogen) atoms. The number of hydrogen-bond donors (Lipinski definition) is 1. The number of alkyl halides is 1. The first kappa shape index (κ1) is 11.6. The van der Waals surface area contributed by atoms with Crippen LogP contribution in [0.1, 0.15) is 13.3 Å². The Hall–Kier alpha value is 0.0800. The van der Waals surface area contributed by atoms with Crippen LogP contribution < -0.4 is 0 Å². The lowest BCUT2D eigenvalue weighted by molar-refractivity contribution is -0.207. The molecule has 0 saturated carbocycles. The molecule has 2 rings (SSSR count). The summed E-state index contributed by atoms with van der Waals surface area (Å²) in [7, 11) is 0. The quantitative estimate of drug-likeness (QED) is 0.456. The normalized spacial score (nSPS) is 43.3. The van der Waals surface area contributed by atoms with E-state index in [1.807, 2.05) is 0 Å². The third-order valence-corrected chi connectivity index (χ3v) is 3.77. The van der Waals surface area contributed by atoms with Crippen LogP contribution in [0.25, 0.3) is 0 Å². The minimum Gasteiger partial charge on any atom is -0.462 e. The molecule has 2 aliphatic heterocycles. The van der Waals surface area contributed by atoms with Crippen molar-refractivity contribution in [1.29, 1.82) is 0 Å². The summed E-state index contributed by atoms with van der Waals surface area (Å²) in [6.45, 7) is 1.90. The Labute approximate surface area is 101 Å². The van der Waals surface area contributed by atoms with Crippen LogP contribution in [-0.2, 0) is 19.0 Å². The molecule has 2 aliphatic rings. The van der Waals surface area contributed by atoms with Crippen molar-refractivity contribution in [1.82, 2.24) is 0 Å². The van der Waals surface area contributed by atoms with E-state index >= 15 is 0 Å². The number of esters is 1. The maximum atomic E-state index is 11.7. The van der Waals surface area contributed by atoms with Gasteiger partial charge in [-0.25, -0.2) is 4.79 Å². The number of aliphatic hydroxyl groups excluding tert-OH is 1. The van der Waals surface area contributed by atoms with Gasteiger partial charge in [-0.3, -0.25) is 0 Å². The van der Waals surface area contributed by atoms with Crippen LogP contribution in [0.4, 0.5) is 0 Å². The number of rotatable bonds is 3. The molecule has 6 heteroatoms. The summed E-state index contributed by atoms with van der Waals surface area (Å²) in [5.41, 5.74) is 0. The minimum absolute atomic E-state index is 0.134. The zero-order valence-electron chi connectivity index (χ0n) is 8.31. The van der Waals surface area contributed by atoms with E-state index in [9.17, 15) is 4.79 Å². The smallest absolute Gasteiger partial charge is 0.366 e. The highest BCUT2D eigenvalue weighted by Crippen LogP contribution is 2.46. The van der Waals surface area contributed by atoms with Crippen LogP contribution in [0.15, 0.2) is 0 Å². The summed E-state index contributed by atoms with van der Waals surface area (Å²) in [6, 6.07) is 0. The SMILES string of the molecule is CCOC(=O)[C@]12C[C@H](I)[C@H](O1)[C@H](CO)O2. The van der Waals surface area contributed by atoms with Gasteiger partial charge in [-0.2, -0.15) is 0 Å². The molecule has 1 N–H and O–H groups in total. The zero-order valence-corrected chi connectivity index (χ0v) is 10.5. The van der Waals surface area contributed by atoms with Crippen molar-refractivity contribution < 1.29 is 24.1 Å². The standard InChI is InChI=1S/C9H13IO5/c1-2-13-8(12)9-3-5(10)7(15-9)6(4-11)14-9/h5-7,11H,2-4H2,1H3/t5-,6-,7-,9-/m0/s1. The van der Waals surface area contributed by atoms with Gasteiger partial charge in [-0.1, -0.05) is 22.6 Å². The van der Waals surface area contributed by atoms with E-state index in [2.05, 4.69) is 22.6 Å². The maximum absolute atomic E-state index is 11.7. The number of carbonyl (C=O) groups is 1. The Bertz CT molecular complexity index is 267. The second-order valence-corrected chi connectivity index (χ2v) is 5.21. The lowest BCUT2D eigenvalue weighted by Gasteiger charge is -2.26. The summed E-state index contributed by atoms with van der Waals surface area (Å²) in [5, 5.41) is 9.07. The number of fused-ring (bicyclic) bond motifs is 2. The summed E-state index contributed by atoms with van der Waals surface area (Å²) < 4.78 is 16.0. The van der Waals surface area contributed by atoms with Gasteiger partial charge in [0.05, 0.1) is 13.2 Å². The molecule has 0 aromatic heterocycles. The van der Waals surface area contributed by atoms with Crippen molar-refractivity contribution in [2.75, 3.05) is 13.2 Å². The molecule has 0 amide bonds. The summed E-state index contributed by atoms with van der Waals surface area (Å²) in [4.78, 5) is 11.7. The third kappa shape index (κ3) is 1.77. The molecule has 0 unspecified atom stereocenters. The summed E-state index contributed by atoms with van der Waals surface area (Å²) >= 11 is 2.21. The molecule has 5 nitrogen and oxygen atoms in total. The molecular formula is C9H13IO5. The summed E-state index contributed by atoms with van der Waals surface area (Å²) in [6.07, 6.45) is -0.127. The predicted octanol–water partition coefficient (Wildman–Crippen LogP) is 0.229. The number of halogens is 1. The lowest BCUT2D eigenvalue weighted by atomic mass is 10.0. The molecule has 0 aliphatic carbocycles. The highest BCUT2D eigenvalue weighted by Gasteiger charge is 2.62. The van der Waals surface area contributed by atoms with E-state index in [1.165, 1.54) is 0 Å². The van der Waals surface area contributed by atoms with Crippen molar-refractivity contribution in [3.63, 3.8) is 0 Å². The fourth-order valence-corrected chi connectivity index (χ4v) is 3.16. The molecule has 0 spiro atoms. The fourth-order valence-electron chi connectivity index (χ4n) is 1.97. The Kier molecular flexibility index (Phi) is 3.20. The zero-order chi connectivity index (χ0) is 11.1. The Balaban J connectivity index is 2.13. The molecular weight excluding hydrogens is 315 g/mol. The van der Waals surface area contributed by atoms with Crippen molar-refractivity contribution in [2.24, 2.45) is 0 Å². The first-order chi connectivity index (χ1) is 7.13. The van der Waals surface area contributed by atoms with Gasteiger partial charge in [0.15, 0.2) is 0 Å². The van der Waals surface area contributed by atoms with Gasteiger partial charge in [0.2, 0.25) is 0 Å². The molecule has 0 aromatic carbocycles. The summed E-state index contributed by atoms with van der Waals surface area (Å²) in [5.74, 6) is -1.75. The lowest BCUT2D eigenvalue weighted by Crippen LogP contribution is -2.45. The highest BCUT2D eigenvalue weighted by molar-refractivity contribution is 14.1. The monoisotopic (exact) mass is 328 g/mol. The van der Waals surface area contributed by atoms with Crippen LogP contribution in [0.5, 0.6) is 0 Å². The van der Waals surface area contributed by atoms with Gasteiger partial charge in [0.1, 0.15) is 12.2 Å². The van der Waals surface area contributed by atoms with E-state index in [1.54, 1.807) is 6.92 Å². The molecule has 86 valence electrons. The number of carbonyl (C=O) groups excluding carboxylic acids is 1. The van der Waals surface area contributed by atoms with Crippen LogP contribution in [-0.4, -0.2) is 46.2 Å². The second kappa shape index (κ2) is 4.15. The molecule has 0 radical (unpaired) electrons. The first-order valence-electron chi connectivity index (χ1n) is 4.90. The van der Waals surface area contributed by atoms with Gasteiger partial charge >= 0.3 is 5.97 Å². The third-order valence-electron chi connectivity index (χ3n) is 2.62. The van der Waals surface area contributed by atoms with Crippen LogP contribution in [0, 0.1) is 0 Å². The average Bonchev–Trinajstić information content (AvgIpc) is 2.73. The Morgan fingerprint density at radius 3 is 2.93 bits per heavy atom. The van der Waals surface area contributed by atoms with E-state index in [0.29, 0.717) is 13.0 Å². The van der Waals surface area contributed by atoms with Crippen LogP contribution >= 0.6 is 22.6 Å². The maximum Gasteiger partial charge on any atom is 0.366 e. The van der Waals surface area contributed by atoms with Gasteiger partial charge in [0.25, 0.3) is 5.79 Å². The van der Waals surface area contributed by atoms with Crippen molar-refractivity contribution in [2.45, 2.75) is 35.3 Å². The van der Waals surface area contributed by atoms with Gasteiger partial charge < -0.3 is 19.3 Å². The van der Waals surface area contributed by atoms with Gasteiger partial charge in [-0.05, 0) is 6.92 Å². The number of hydrogen-bond acceptors (Lipinski definition) is 5. The molecule has 2 saturated heterocycles. The minimum atomic E-state index is -1.26. The average molecular weight is 328 g/mol. The predicted molar refractivity (Wildman–Crippen MR) is 58.6 cm³/mol.